The lowest BCUT2D eigenvalue weighted by Crippen LogP contribution is -2.85. The van der Waals surface area contributed by atoms with Crippen molar-refractivity contribution in [2.75, 3.05) is 65.8 Å². The maximum atomic E-state index is 8.42. The highest BCUT2D eigenvalue weighted by molar-refractivity contribution is 6.24. The minimum Gasteiger partial charge on any atom is -0.907 e. The van der Waals surface area contributed by atoms with Crippen LogP contribution in [0.15, 0.2) is 0 Å². The minimum atomic E-state index is -2.92. The predicted octanol–water partition coefficient (Wildman–Crippen LogP) is -10.7. The molecule has 11 nitrogen and oxygen atoms in total. The van der Waals surface area contributed by atoms with Gasteiger partial charge in [-0.25, -0.2) is 0 Å². The zero-order valence-corrected chi connectivity index (χ0v) is 13.0. The Hall–Kier alpha value is -0.375. The number of aliphatic hydroxyl groups is 5. The number of aliphatic hydroxyl groups excluding tert-OH is 5. The van der Waals surface area contributed by atoms with Crippen molar-refractivity contribution in [2.45, 2.75) is 0 Å². The van der Waals surface area contributed by atoms with E-state index >= 15 is 0 Å². The average Bonchev–Trinajstić information content (AvgIpc) is 2.49. The molecular weight excluding hydrogens is 301 g/mol. The van der Waals surface area contributed by atoms with Crippen LogP contribution < -0.4 is 31.4 Å². The molecule has 0 aromatic carbocycles. The Balaban J connectivity index is -0.000000102. The summed E-state index contributed by atoms with van der Waals surface area (Å²) in [7, 11) is -2.92. The van der Waals surface area contributed by atoms with E-state index in [-0.39, 0.29) is 33.0 Å². The van der Waals surface area contributed by atoms with Crippen molar-refractivity contribution in [2.24, 2.45) is 0 Å². The second-order valence-electron chi connectivity index (χ2n) is 3.49. The first-order chi connectivity index (χ1) is 10.5. The molecular formula is C10H32BN3O8. The lowest BCUT2D eigenvalue weighted by atomic mass is 10.3. The summed E-state index contributed by atoms with van der Waals surface area (Å²) in [6.45, 7) is 4.39. The second-order valence-corrected chi connectivity index (χ2v) is 3.49. The molecule has 0 aliphatic heterocycles. The van der Waals surface area contributed by atoms with Crippen molar-refractivity contribution >= 4 is 7.32 Å². The highest BCUT2D eigenvalue weighted by Gasteiger charge is 1.82. The van der Waals surface area contributed by atoms with E-state index in [9.17, 15) is 0 Å². The van der Waals surface area contributed by atoms with Crippen molar-refractivity contribution in [1.29, 1.82) is 0 Å². The van der Waals surface area contributed by atoms with Crippen molar-refractivity contribution in [3.8, 4) is 0 Å². The van der Waals surface area contributed by atoms with Gasteiger partial charge in [0.05, 0.1) is 65.8 Å². The quantitative estimate of drug-likeness (QED) is 0.149. The maximum absolute atomic E-state index is 8.42. The summed E-state index contributed by atoms with van der Waals surface area (Å²) in [5, 5.41) is 69.5. The smallest absolute Gasteiger partial charge is 0.0991 e. The first kappa shape index (κ1) is 29.6. The molecule has 12 heteroatoms. The predicted molar refractivity (Wildman–Crippen MR) is 72.3 cm³/mol. The van der Waals surface area contributed by atoms with Crippen molar-refractivity contribution in [3.05, 3.63) is 0 Å². The third kappa shape index (κ3) is 91.5. The van der Waals surface area contributed by atoms with E-state index in [1.54, 1.807) is 0 Å². The molecule has 0 aliphatic carbocycles. The van der Waals surface area contributed by atoms with Gasteiger partial charge in [-0.2, -0.15) is 0 Å². The molecule has 0 amide bonds. The molecule has 0 atom stereocenters. The normalized spacial score (nSPS) is 8.59. The fraction of sp³-hybridized carbons (Fsp3) is 1.00. The molecule has 0 unspecified atom stereocenters. The van der Waals surface area contributed by atoms with Gasteiger partial charge in [-0.1, -0.05) is 0 Å². The van der Waals surface area contributed by atoms with Gasteiger partial charge in [-0.15, -0.1) is 0 Å². The van der Waals surface area contributed by atoms with Gasteiger partial charge >= 0.3 is 0 Å². The maximum Gasteiger partial charge on any atom is 0.0991 e. The Morgan fingerprint density at radius 2 is 0.818 bits per heavy atom. The number of nitrogens with two attached hydrogens (primary N) is 2. The Morgan fingerprint density at radius 1 is 0.636 bits per heavy atom. The number of hydrogen-bond donors (Lipinski definition) is 8. The molecule has 0 aromatic heterocycles. The third-order valence-corrected chi connectivity index (χ3v) is 1.49. The number of quaternary nitrogens is 3. The lowest BCUT2D eigenvalue weighted by Gasteiger charge is -2.35. The molecule has 0 fully saturated rings. The van der Waals surface area contributed by atoms with Crippen LogP contribution in [0.5, 0.6) is 0 Å². The second kappa shape index (κ2) is 37.1. The van der Waals surface area contributed by atoms with Gasteiger partial charge in [-0.05, 0) is 0 Å². The first-order valence-corrected chi connectivity index (χ1v) is 6.92. The lowest BCUT2D eigenvalue weighted by molar-refractivity contribution is -0.657. The molecule has 12 N–H and O–H groups in total. The Labute approximate surface area is 131 Å². The fourth-order valence-electron chi connectivity index (χ4n) is 0.654. The van der Waals surface area contributed by atoms with Crippen LogP contribution in [0.3, 0.4) is 0 Å². The van der Waals surface area contributed by atoms with Gasteiger partial charge in [0.15, 0.2) is 0 Å². The summed E-state index contributed by atoms with van der Waals surface area (Å²) in [5.41, 5.74) is 3.35. The zero-order chi connectivity index (χ0) is 18.1. The van der Waals surface area contributed by atoms with E-state index in [0.29, 0.717) is 32.7 Å². The molecule has 0 aromatic rings. The van der Waals surface area contributed by atoms with E-state index in [0.717, 1.165) is 0 Å². The molecule has 0 heterocycles. The van der Waals surface area contributed by atoms with E-state index in [4.69, 9.17) is 40.6 Å². The summed E-state index contributed by atoms with van der Waals surface area (Å²) in [4.78, 5) is 0. The van der Waals surface area contributed by atoms with Crippen LogP contribution in [0.4, 0.5) is 0 Å². The van der Waals surface area contributed by atoms with E-state index in [1.807, 2.05) is 10.6 Å². The van der Waals surface area contributed by atoms with E-state index in [1.165, 1.54) is 0 Å². The Morgan fingerprint density at radius 3 is 0.909 bits per heavy atom. The summed E-state index contributed by atoms with van der Waals surface area (Å²) in [6.07, 6.45) is 0. The summed E-state index contributed by atoms with van der Waals surface area (Å²) in [6, 6.07) is 0. The first-order valence-electron chi connectivity index (χ1n) is 6.92. The minimum absolute atomic E-state index is 0.194. The molecule has 0 rings (SSSR count). The van der Waals surface area contributed by atoms with Gasteiger partial charge < -0.3 is 57.0 Å². The third-order valence-electron chi connectivity index (χ3n) is 1.49. The standard InChI is InChI=1S/2C4H11NO2.C2H7NO.BO3/c2*6-3-1-5-2-4-7;3-1-2-4;2-1(3)4/h2*5-7H,1-4H2;4H,1-3H2;/q;;;-3/p+3. The molecule has 22 heavy (non-hydrogen) atoms. The van der Waals surface area contributed by atoms with Crippen molar-refractivity contribution in [3.63, 3.8) is 0 Å². The van der Waals surface area contributed by atoms with Gasteiger partial charge in [-0.3, -0.25) is 7.32 Å². The average molecular weight is 333 g/mol. The monoisotopic (exact) mass is 333 g/mol. The fourth-order valence-corrected chi connectivity index (χ4v) is 0.654. The molecule has 0 spiro atoms. The van der Waals surface area contributed by atoms with E-state index < -0.39 is 7.32 Å². The Bertz CT molecular complexity index is 129. The SMILES string of the molecule is OCC[NH2+]CCO.OCC[NH2+]CCO.[NH3+]CCO.[O-]B([O-])[O-]. The summed E-state index contributed by atoms with van der Waals surface area (Å²) >= 11 is 0. The molecule has 0 saturated carbocycles. The molecule has 0 aliphatic rings. The molecule has 0 bridgehead atoms. The van der Waals surface area contributed by atoms with Crippen molar-refractivity contribution < 1.29 is 57.0 Å². The molecule has 138 valence electrons. The van der Waals surface area contributed by atoms with Crippen LogP contribution in [0.1, 0.15) is 0 Å². The van der Waals surface area contributed by atoms with Gasteiger partial charge in [0.1, 0.15) is 0 Å². The summed E-state index contributed by atoms with van der Waals surface area (Å²) in [5.74, 6) is 0. The van der Waals surface area contributed by atoms with Gasteiger partial charge in [0.25, 0.3) is 0 Å². The molecule has 0 radical (unpaired) electrons. The van der Waals surface area contributed by atoms with Crippen LogP contribution in [-0.2, 0) is 0 Å². The Kier molecular flexibility index (Phi) is 50.0. The van der Waals surface area contributed by atoms with Gasteiger partial charge in [0, 0.05) is 0 Å². The highest BCUT2D eigenvalue weighted by Crippen LogP contribution is 1.40. The van der Waals surface area contributed by atoms with Crippen LogP contribution in [-0.4, -0.2) is 98.6 Å². The number of rotatable bonds is 9. The van der Waals surface area contributed by atoms with Crippen LogP contribution >= 0.6 is 0 Å². The molecule has 0 saturated heterocycles. The number of hydrogen-bond acceptors (Lipinski definition) is 8. The van der Waals surface area contributed by atoms with E-state index in [2.05, 4.69) is 5.73 Å². The topological polar surface area (TPSA) is 231 Å². The van der Waals surface area contributed by atoms with Crippen LogP contribution in [0, 0.1) is 0 Å². The zero-order valence-electron chi connectivity index (χ0n) is 13.0. The largest absolute Gasteiger partial charge is 0.907 e. The summed E-state index contributed by atoms with van der Waals surface area (Å²) < 4.78 is 0. The van der Waals surface area contributed by atoms with Crippen LogP contribution in [0.2, 0.25) is 0 Å². The van der Waals surface area contributed by atoms with Crippen molar-refractivity contribution in [1.82, 2.24) is 0 Å². The highest BCUT2D eigenvalue weighted by atomic mass is 16.5. The van der Waals surface area contributed by atoms with Gasteiger partial charge in [0.2, 0.25) is 0 Å². The van der Waals surface area contributed by atoms with Crippen LogP contribution in [0.25, 0.3) is 0 Å².